The van der Waals surface area contributed by atoms with Crippen molar-refractivity contribution in [2.75, 3.05) is 26.9 Å². The lowest BCUT2D eigenvalue weighted by molar-refractivity contribution is -0.119. The van der Waals surface area contributed by atoms with E-state index >= 15 is 0 Å². The Balaban J connectivity index is 2.25. The van der Waals surface area contributed by atoms with Crippen LogP contribution in [-0.2, 0) is 16.1 Å². The van der Waals surface area contributed by atoms with E-state index in [0.717, 1.165) is 22.6 Å². The predicted octanol–water partition coefficient (Wildman–Crippen LogP) is 1.71. The molecule has 0 spiro atoms. The summed E-state index contributed by atoms with van der Waals surface area (Å²) in [5, 5.41) is 2.80. The van der Waals surface area contributed by atoms with Gasteiger partial charge >= 0.3 is 0 Å². The first-order valence-corrected chi connectivity index (χ1v) is 8.04. The highest BCUT2D eigenvalue weighted by molar-refractivity contribution is 5.73. The molecule has 0 fully saturated rings. The summed E-state index contributed by atoms with van der Waals surface area (Å²) in [7, 11) is 1.63. The first kappa shape index (κ1) is 18.7. The van der Waals surface area contributed by atoms with Gasteiger partial charge in [0.2, 0.25) is 5.91 Å². The number of hydrogen-bond acceptors (Lipinski definition) is 5. The van der Waals surface area contributed by atoms with Crippen LogP contribution in [-0.4, -0.2) is 42.7 Å². The zero-order chi connectivity index (χ0) is 18.1. The van der Waals surface area contributed by atoms with E-state index in [1.165, 1.54) is 6.92 Å². The summed E-state index contributed by atoms with van der Waals surface area (Å²) < 4.78 is 10.7. The predicted molar refractivity (Wildman–Crippen MR) is 97.0 cm³/mol. The summed E-state index contributed by atoms with van der Waals surface area (Å²) in [6.45, 7) is 3.33. The Labute approximate surface area is 147 Å². The summed E-state index contributed by atoms with van der Waals surface area (Å²) in [6.07, 6.45) is 5.42. The molecule has 1 amide bonds. The van der Waals surface area contributed by atoms with E-state index in [2.05, 4.69) is 15.3 Å². The van der Waals surface area contributed by atoms with E-state index in [0.29, 0.717) is 32.1 Å². The number of carbonyl (C=O) groups excluding carboxylic acids is 1. The van der Waals surface area contributed by atoms with Crippen LogP contribution < -0.4 is 15.8 Å². The number of aromatic amines is 1. The Kier molecular flexibility index (Phi) is 7.18. The maximum absolute atomic E-state index is 11.2. The molecule has 0 aliphatic carbocycles. The number of carbonyl (C=O) groups is 1. The third-order valence-corrected chi connectivity index (χ3v) is 3.38. The van der Waals surface area contributed by atoms with Gasteiger partial charge in [-0.1, -0.05) is 6.08 Å². The lowest BCUT2D eigenvalue weighted by atomic mass is 10.1. The van der Waals surface area contributed by atoms with Crippen molar-refractivity contribution in [1.29, 1.82) is 0 Å². The maximum atomic E-state index is 11.2. The number of methoxy groups -OCH3 is 1. The first-order valence-electron chi connectivity index (χ1n) is 8.04. The molecular formula is C18H24N4O3. The normalized spacial score (nSPS) is 11.0. The number of H-pyrrole nitrogens is 1. The van der Waals surface area contributed by atoms with Crippen LogP contribution in [0.3, 0.4) is 0 Å². The van der Waals surface area contributed by atoms with Gasteiger partial charge in [-0.05, 0) is 29.8 Å². The quantitative estimate of drug-likeness (QED) is 0.601. The van der Waals surface area contributed by atoms with E-state index in [1.807, 2.05) is 30.4 Å². The average Bonchev–Trinajstić information content (AvgIpc) is 3.07. The molecule has 0 saturated carbocycles. The van der Waals surface area contributed by atoms with Crippen molar-refractivity contribution in [2.45, 2.75) is 13.5 Å². The van der Waals surface area contributed by atoms with Gasteiger partial charge in [-0.2, -0.15) is 0 Å². The van der Waals surface area contributed by atoms with Crippen LogP contribution in [0.1, 0.15) is 18.3 Å². The molecule has 7 heteroatoms. The van der Waals surface area contributed by atoms with Gasteiger partial charge < -0.3 is 25.5 Å². The Morgan fingerprint density at radius 1 is 1.36 bits per heavy atom. The third-order valence-electron chi connectivity index (χ3n) is 3.38. The standard InChI is InChI=1S/C18H24N4O3/c1-13(23)20-11-14-8-15(10-16(9-14)25-7-6-24-2)17-12-21-18(22-17)4-3-5-19/h3-4,8-10,12H,5-7,11,19H2,1-2H3,(H,20,23)(H,21,22)/b4-3-. The summed E-state index contributed by atoms with van der Waals surface area (Å²) in [5.74, 6) is 1.36. The van der Waals surface area contributed by atoms with Crippen molar-refractivity contribution in [3.05, 3.63) is 41.9 Å². The molecule has 25 heavy (non-hydrogen) atoms. The lowest BCUT2D eigenvalue weighted by Crippen LogP contribution is -2.19. The van der Waals surface area contributed by atoms with Crippen LogP contribution in [0.5, 0.6) is 5.75 Å². The number of ether oxygens (including phenoxy) is 2. The summed E-state index contributed by atoms with van der Waals surface area (Å²) in [6, 6.07) is 5.82. The SMILES string of the molecule is COCCOc1cc(CNC(C)=O)cc(-c2cnc(/C=C\CN)[nH]2)c1. The number of nitrogens with one attached hydrogen (secondary N) is 2. The Morgan fingerprint density at radius 2 is 2.20 bits per heavy atom. The second-order valence-electron chi connectivity index (χ2n) is 5.44. The fourth-order valence-electron chi connectivity index (χ4n) is 2.22. The number of benzene rings is 1. The van der Waals surface area contributed by atoms with Crippen molar-refractivity contribution in [1.82, 2.24) is 15.3 Å². The number of amides is 1. The van der Waals surface area contributed by atoms with Crippen molar-refractivity contribution >= 4 is 12.0 Å². The van der Waals surface area contributed by atoms with Gasteiger partial charge in [0.25, 0.3) is 0 Å². The fourth-order valence-corrected chi connectivity index (χ4v) is 2.22. The van der Waals surface area contributed by atoms with Gasteiger partial charge in [-0.3, -0.25) is 4.79 Å². The zero-order valence-electron chi connectivity index (χ0n) is 14.5. The van der Waals surface area contributed by atoms with Crippen LogP contribution in [0, 0.1) is 0 Å². The molecule has 134 valence electrons. The lowest BCUT2D eigenvalue weighted by Gasteiger charge is -2.11. The van der Waals surface area contributed by atoms with Crippen LogP contribution in [0.4, 0.5) is 0 Å². The fraction of sp³-hybridized carbons (Fsp3) is 0.333. The van der Waals surface area contributed by atoms with Gasteiger partial charge in [0.15, 0.2) is 0 Å². The van der Waals surface area contributed by atoms with Gasteiger partial charge in [-0.15, -0.1) is 0 Å². The van der Waals surface area contributed by atoms with Gasteiger partial charge in [0.05, 0.1) is 18.5 Å². The van der Waals surface area contributed by atoms with Gasteiger partial charge in [-0.25, -0.2) is 4.98 Å². The number of aromatic nitrogens is 2. The number of nitrogens with two attached hydrogens (primary N) is 1. The van der Waals surface area contributed by atoms with Crippen LogP contribution in [0.2, 0.25) is 0 Å². The molecule has 1 aromatic carbocycles. The Hall–Kier alpha value is -2.64. The molecule has 2 aromatic rings. The smallest absolute Gasteiger partial charge is 0.217 e. The van der Waals surface area contributed by atoms with E-state index in [-0.39, 0.29) is 5.91 Å². The van der Waals surface area contributed by atoms with Gasteiger partial charge in [0, 0.05) is 32.7 Å². The monoisotopic (exact) mass is 344 g/mol. The molecule has 7 nitrogen and oxygen atoms in total. The van der Waals surface area contributed by atoms with Crippen molar-refractivity contribution < 1.29 is 14.3 Å². The molecule has 0 atom stereocenters. The average molecular weight is 344 g/mol. The van der Waals surface area contributed by atoms with Gasteiger partial charge in [0.1, 0.15) is 18.2 Å². The summed E-state index contributed by atoms with van der Waals surface area (Å²) in [4.78, 5) is 18.7. The second kappa shape index (κ2) is 9.61. The highest BCUT2D eigenvalue weighted by atomic mass is 16.5. The number of nitrogens with zero attached hydrogens (tertiary/aromatic N) is 1. The number of imidazole rings is 1. The highest BCUT2D eigenvalue weighted by Crippen LogP contribution is 2.25. The molecule has 0 aliphatic heterocycles. The minimum Gasteiger partial charge on any atom is -0.491 e. The van der Waals surface area contributed by atoms with E-state index in [9.17, 15) is 4.79 Å². The summed E-state index contributed by atoms with van der Waals surface area (Å²) in [5.41, 5.74) is 8.18. The maximum Gasteiger partial charge on any atom is 0.217 e. The van der Waals surface area contributed by atoms with E-state index in [1.54, 1.807) is 13.3 Å². The molecular weight excluding hydrogens is 320 g/mol. The molecule has 2 rings (SSSR count). The first-order chi connectivity index (χ1) is 12.1. The van der Waals surface area contributed by atoms with E-state index in [4.69, 9.17) is 15.2 Å². The molecule has 0 radical (unpaired) electrons. The summed E-state index contributed by atoms with van der Waals surface area (Å²) >= 11 is 0. The van der Waals surface area contributed by atoms with Crippen molar-refractivity contribution in [3.8, 4) is 17.0 Å². The van der Waals surface area contributed by atoms with Crippen LogP contribution >= 0.6 is 0 Å². The Bertz CT molecular complexity index is 725. The van der Waals surface area contributed by atoms with Crippen LogP contribution in [0.15, 0.2) is 30.5 Å². The van der Waals surface area contributed by atoms with Crippen molar-refractivity contribution in [2.24, 2.45) is 5.73 Å². The second-order valence-corrected chi connectivity index (χ2v) is 5.44. The van der Waals surface area contributed by atoms with Crippen molar-refractivity contribution in [3.63, 3.8) is 0 Å². The molecule has 4 N–H and O–H groups in total. The molecule has 0 unspecified atom stereocenters. The highest BCUT2D eigenvalue weighted by Gasteiger charge is 2.08. The topological polar surface area (TPSA) is 102 Å². The Morgan fingerprint density at radius 3 is 2.92 bits per heavy atom. The molecule has 1 heterocycles. The minimum atomic E-state index is -0.0806. The molecule has 0 aliphatic rings. The molecule has 0 saturated heterocycles. The van der Waals surface area contributed by atoms with Crippen LogP contribution in [0.25, 0.3) is 17.3 Å². The third kappa shape index (κ3) is 6.06. The molecule has 0 bridgehead atoms. The zero-order valence-corrected chi connectivity index (χ0v) is 14.5. The largest absolute Gasteiger partial charge is 0.491 e. The van der Waals surface area contributed by atoms with E-state index < -0.39 is 0 Å². The number of rotatable bonds is 9. The number of hydrogen-bond donors (Lipinski definition) is 3. The molecule has 1 aromatic heterocycles. The minimum absolute atomic E-state index is 0.0806.